The Kier molecular flexibility index (Phi) is 4.52. The fraction of sp³-hybridized carbons (Fsp3) is 0.235. The van der Waals surface area contributed by atoms with Gasteiger partial charge in [0.1, 0.15) is 16.8 Å². The largest absolute Gasteiger partial charge is 0.494 e. The quantitative estimate of drug-likeness (QED) is 0.768. The molecule has 1 aromatic heterocycles. The van der Waals surface area contributed by atoms with Crippen molar-refractivity contribution in [2.45, 2.75) is 20.3 Å². The van der Waals surface area contributed by atoms with Crippen molar-refractivity contribution in [3.05, 3.63) is 47.5 Å². The second kappa shape index (κ2) is 6.75. The lowest BCUT2D eigenvalue weighted by molar-refractivity contribution is 0.102. The number of hydrogen-bond acceptors (Lipinski definition) is 5. The molecule has 0 aliphatic carbocycles. The van der Waals surface area contributed by atoms with Gasteiger partial charge >= 0.3 is 0 Å². The molecule has 1 amide bonds. The van der Waals surface area contributed by atoms with Gasteiger partial charge in [-0.15, -0.1) is 0 Å². The molecule has 0 saturated carbocycles. The van der Waals surface area contributed by atoms with Gasteiger partial charge in [0.05, 0.1) is 24.0 Å². The maximum Gasteiger partial charge on any atom is 0.255 e. The van der Waals surface area contributed by atoms with E-state index in [1.165, 1.54) is 0 Å². The number of rotatable bonds is 5. The molecule has 0 aliphatic heterocycles. The molecule has 3 aromatic rings. The van der Waals surface area contributed by atoms with Crippen LogP contribution in [0.2, 0.25) is 0 Å². The van der Waals surface area contributed by atoms with E-state index in [2.05, 4.69) is 21.0 Å². The minimum atomic E-state index is -0.171. The first-order valence-corrected chi connectivity index (χ1v) is 8.18. The van der Waals surface area contributed by atoms with Gasteiger partial charge in [0.2, 0.25) is 0 Å². The summed E-state index contributed by atoms with van der Waals surface area (Å²) < 4.78 is 14.0. The first-order chi connectivity index (χ1) is 11.2. The lowest BCUT2D eigenvalue weighted by atomic mass is 10.1. The van der Waals surface area contributed by atoms with E-state index in [1.807, 2.05) is 31.2 Å². The van der Waals surface area contributed by atoms with Gasteiger partial charge < -0.3 is 10.1 Å². The molecule has 0 atom stereocenters. The Morgan fingerprint density at radius 3 is 2.70 bits per heavy atom. The summed E-state index contributed by atoms with van der Waals surface area (Å²) in [4.78, 5) is 12.5. The first kappa shape index (κ1) is 15.4. The SMILES string of the molecule is CCCOc1ccc(C(=O)Nc2c(C)ccc3nsnc23)cc1. The first-order valence-electron chi connectivity index (χ1n) is 7.45. The molecule has 0 bridgehead atoms. The lowest BCUT2D eigenvalue weighted by Crippen LogP contribution is -2.13. The van der Waals surface area contributed by atoms with Gasteiger partial charge in [0.15, 0.2) is 0 Å². The van der Waals surface area contributed by atoms with E-state index in [4.69, 9.17) is 4.74 Å². The third-order valence-corrected chi connectivity index (χ3v) is 4.01. The van der Waals surface area contributed by atoms with Crippen molar-refractivity contribution in [2.75, 3.05) is 11.9 Å². The fourth-order valence-electron chi connectivity index (χ4n) is 2.22. The van der Waals surface area contributed by atoms with Crippen LogP contribution in [0.25, 0.3) is 11.0 Å². The predicted molar refractivity (Wildman–Crippen MR) is 92.3 cm³/mol. The molecule has 0 radical (unpaired) electrons. The van der Waals surface area contributed by atoms with Gasteiger partial charge in [-0.25, -0.2) is 0 Å². The zero-order valence-electron chi connectivity index (χ0n) is 13.0. The standard InChI is InChI=1S/C17H17N3O2S/c1-3-10-22-13-7-5-12(6-8-13)17(21)18-15-11(2)4-9-14-16(15)20-23-19-14/h4-9H,3,10H2,1-2H3,(H,18,21). The van der Waals surface area contributed by atoms with E-state index in [9.17, 15) is 4.79 Å². The topological polar surface area (TPSA) is 64.1 Å². The van der Waals surface area contributed by atoms with Crippen LogP contribution >= 0.6 is 11.7 Å². The highest BCUT2D eigenvalue weighted by atomic mass is 32.1. The number of fused-ring (bicyclic) bond motifs is 1. The van der Waals surface area contributed by atoms with Gasteiger partial charge in [-0.05, 0) is 49.2 Å². The fourth-order valence-corrected chi connectivity index (χ4v) is 2.76. The summed E-state index contributed by atoms with van der Waals surface area (Å²) in [6.07, 6.45) is 0.952. The number of aryl methyl sites for hydroxylation is 1. The number of aromatic nitrogens is 2. The lowest BCUT2D eigenvalue weighted by Gasteiger charge is -2.09. The number of hydrogen-bond donors (Lipinski definition) is 1. The molecule has 23 heavy (non-hydrogen) atoms. The van der Waals surface area contributed by atoms with E-state index in [0.29, 0.717) is 17.9 Å². The molecule has 1 heterocycles. The maximum absolute atomic E-state index is 12.5. The Morgan fingerprint density at radius 1 is 1.17 bits per heavy atom. The van der Waals surface area contributed by atoms with Crippen molar-refractivity contribution in [2.24, 2.45) is 0 Å². The van der Waals surface area contributed by atoms with Gasteiger partial charge in [-0.1, -0.05) is 13.0 Å². The van der Waals surface area contributed by atoms with E-state index in [-0.39, 0.29) is 5.91 Å². The van der Waals surface area contributed by atoms with Crippen molar-refractivity contribution in [3.8, 4) is 5.75 Å². The Labute approximate surface area is 138 Å². The molecule has 0 aliphatic rings. The Balaban J connectivity index is 1.80. The molecule has 118 valence electrons. The predicted octanol–water partition coefficient (Wildman–Crippen LogP) is 4.04. The highest BCUT2D eigenvalue weighted by Crippen LogP contribution is 2.26. The second-order valence-corrected chi connectivity index (χ2v) is 5.74. The van der Waals surface area contributed by atoms with Crippen LogP contribution in [0, 0.1) is 6.92 Å². The number of carbonyl (C=O) groups is 1. The monoisotopic (exact) mass is 327 g/mol. The minimum absolute atomic E-state index is 0.171. The molecule has 0 fully saturated rings. The number of amides is 1. The number of benzene rings is 2. The van der Waals surface area contributed by atoms with Gasteiger partial charge in [0.25, 0.3) is 5.91 Å². The van der Waals surface area contributed by atoms with Crippen LogP contribution in [0.1, 0.15) is 29.3 Å². The molecule has 3 rings (SSSR count). The molecular weight excluding hydrogens is 310 g/mol. The van der Waals surface area contributed by atoms with Crippen LogP contribution in [0.3, 0.4) is 0 Å². The molecule has 5 nitrogen and oxygen atoms in total. The number of anilines is 1. The Morgan fingerprint density at radius 2 is 1.96 bits per heavy atom. The summed E-state index contributed by atoms with van der Waals surface area (Å²) in [5.41, 5.74) is 3.77. The Bertz CT molecular complexity index is 827. The average molecular weight is 327 g/mol. The summed E-state index contributed by atoms with van der Waals surface area (Å²) in [6.45, 7) is 4.66. The van der Waals surface area contributed by atoms with Crippen LogP contribution in [0.4, 0.5) is 5.69 Å². The third-order valence-electron chi connectivity index (χ3n) is 3.46. The number of ether oxygens (including phenoxy) is 1. The average Bonchev–Trinajstić information content (AvgIpc) is 3.05. The van der Waals surface area contributed by atoms with Crippen molar-refractivity contribution in [3.63, 3.8) is 0 Å². The van der Waals surface area contributed by atoms with E-state index >= 15 is 0 Å². The van der Waals surface area contributed by atoms with Gasteiger partial charge in [0, 0.05) is 5.56 Å². The van der Waals surface area contributed by atoms with Crippen LogP contribution in [-0.2, 0) is 0 Å². The van der Waals surface area contributed by atoms with Crippen LogP contribution < -0.4 is 10.1 Å². The second-order valence-electron chi connectivity index (χ2n) is 5.22. The third kappa shape index (κ3) is 3.32. The normalized spacial score (nSPS) is 10.7. The maximum atomic E-state index is 12.5. The summed E-state index contributed by atoms with van der Waals surface area (Å²) in [7, 11) is 0. The summed E-state index contributed by atoms with van der Waals surface area (Å²) in [5, 5.41) is 2.94. The van der Waals surface area contributed by atoms with Crippen LogP contribution in [0.15, 0.2) is 36.4 Å². The van der Waals surface area contributed by atoms with Crippen LogP contribution in [0.5, 0.6) is 5.75 Å². The molecule has 6 heteroatoms. The van der Waals surface area contributed by atoms with Crippen molar-refractivity contribution in [1.29, 1.82) is 0 Å². The van der Waals surface area contributed by atoms with Gasteiger partial charge in [-0.3, -0.25) is 4.79 Å². The zero-order valence-corrected chi connectivity index (χ0v) is 13.8. The number of nitrogens with zero attached hydrogens (tertiary/aromatic N) is 2. The van der Waals surface area contributed by atoms with Crippen molar-refractivity contribution < 1.29 is 9.53 Å². The summed E-state index contributed by atoms with van der Waals surface area (Å²) >= 11 is 1.14. The molecule has 0 unspecified atom stereocenters. The Hall–Kier alpha value is -2.47. The highest BCUT2D eigenvalue weighted by Gasteiger charge is 2.13. The molecule has 2 aromatic carbocycles. The van der Waals surface area contributed by atoms with E-state index < -0.39 is 0 Å². The summed E-state index contributed by atoms with van der Waals surface area (Å²) in [5.74, 6) is 0.598. The molecular formula is C17H17N3O2S. The smallest absolute Gasteiger partial charge is 0.255 e. The molecule has 0 spiro atoms. The number of nitrogens with one attached hydrogen (secondary N) is 1. The van der Waals surface area contributed by atoms with Crippen molar-refractivity contribution >= 4 is 34.4 Å². The van der Waals surface area contributed by atoms with Crippen molar-refractivity contribution in [1.82, 2.24) is 8.75 Å². The molecule has 0 saturated heterocycles. The highest BCUT2D eigenvalue weighted by molar-refractivity contribution is 7.00. The molecule has 1 N–H and O–H groups in total. The van der Waals surface area contributed by atoms with Crippen LogP contribution in [-0.4, -0.2) is 21.3 Å². The van der Waals surface area contributed by atoms with Gasteiger partial charge in [-0.2, -0.15) is 8.75 Å². The minimum Gasteiger partial charge on any atom is -0.494 e. The van der Waals surface area contributed by atoms with E-state index in [1.54, 1.807) is 12.1 Å². The zero-order chi connectivity index (χ0) is 16.2. The summed E-state index contributed by atoms with van der Waals surface area (Å²) in [6, 6.07) is 11.0. The van der Waals surface area contributed by atoms with E-state index in [0.717, 1.165) is 40.5 Å². The number of carbonyl (C=O) groups excluding carboxylic acids is 1.